The van der Waals surface area contributed by atoms with Gasteiger partial charge in [-0.15, -0.1) is 0 Å². The summed E-state index contributed by atoms with van der Waals surface area (Å²) in [4.78, 5) is 36.0. The first-order valence-electron chi connectivity index (χ1n) is 9.37. The van der Waals surface area contributed by atoms with Crippen molar-refractivity contribution in [3.8, 4) is 22.9 Å². The summed E-state index contributed by atoms with van der Waals surface area (Å²) >= 11 is 3.08. The Kier molecular flexibility index (Phi) is 6.87. The van der Waals surface area contributed by atoms with Crippen LogP contribution in [0.5, 0.6) is 17.2 Å². The normalized spacial score (nSPS) is 12.3. The van der Waals surface area contributed by atoms with Gasteiger partial charge in [0.25, 0.3) is 5.56 Å². The summed E-state index contributed by atoms with van der Waals surface area (Å²) in [5, 5.41) is 9.06. The quantitative estimate of drug-likeness (QED) is 0.467. The number of rotatable bonds is 6. The van der Waals surface area contributed by atoms with Gasteiger partial charge in [0, 0.05) is 19.2 Å². The lowest BCUT2D eigenvalue weighted by Gasteiger charge is -2.17. The Labute approximate surface area is 196 Å². The molecule has 0 spiro atoms. The Balaban J connectivity index is 2.12. The fourth-order valence-electron chi connectivity index (χ4n) is 2.88. The van der Waals surface area contributed by atoms with Crippen molar-refractivity contribution in [2.45, 2.75) is 19.2 Å². The monoisotopic (exact) mass is 546 g/mol. The summed E-state index contributed by atoms with van der Waals surface area (Å²) in [6.07, 6.45) is -6.21. The molecule has 13 heteroatoms. The predicted octanol–water partition coefficient (Wildman–Crippen LogP) is 4.10. The lowest BCUT2D eigenvalue weighted by atomic mass is 10.2. The van der Waals surface area contributed by atoms with Crippen molar-refractivity contribution in [1.29, 1.82) is 0 Å². The molecule has 1 N–H and O–H groups in total. The van der Waals surface area contributed by atoms with E-state index in [9.17, 15) is 31.9 Å². The van der Waals surface area contributed by atoms with Gasteiger partial charge < -0.3 is 14.6 Å². The second-order valence-electron chi connectivity index (χ2n) is 6.92. The second-order valence-corrected chi connectivity index (χ2v) is 7.78. The highest BCUT2D eigenvalue weighted by Crippen LogP contribution is 2.37. The smallest absolute Gasteiger partial charge is 0.431 e. The van der Waals surface area contributed by atoms with E-state index in [1.165, 1.54) is 19.1 Å². The Hall–Kier alpha value is -3.61. The van der Waals surface area contributed by atoms with Crippen LogP contribution in [0.2, 0.25) is 0 Å². The summed E-state index contributed by atoms with van der Waals surface area (Å²) < 4.78 is 65.5. The molecule has 0 bridgehead atoms. The highest BCUT2D eigenvalue weighted by molar-refractivity contribution is 9.10. The van der Waals surface area contributed by atoms with Gasteiger partial charge in [-0.1, -0.05) is 12.1 Å². The molecule has 3 aromatic rings. The number of carbonyl (C=O) groups is 1. The van der Waals surface area contributed by atoms with Crippen molar-refractivity contribution >= 4 is 21.9 Å². The number of hydrogen-bond acceptors (Lipinski definition) is 5. The maximum absolute atomic E-state index is 14.7. The molecule has 1 heterocycles. The molecule has 0 saturated heterocycles. The maximum atomic E-state index is 14.7. The van der Waals surface area contributed by atoms with Gasteiger partial charge in [0.1, 0.15) is 17.3 Å². The number of ether oxygens (including phenoxy) is 2. The minimum atomic E-state index is -4.98. The highest BCUT2D eigenvalue weighted by atomic mass is 79.9. The van der Waals surface area contributed by atoms with Crippen molar-refractivity contribution in [1.82, 2.24) is 9.13 Å². The fourth-order valence-corrected chi connectivity index (χ4v) is 3.27. The number of carboxylic acid groups (broad SMARTS) is 1. The van der Waals surface area contributed by atoms with E-state index in [0.29, 0.717) is 0 Å². The van der Waals surface area contributed by atoms with Crippen molar-refractivity contribution in [2.24, 2.45) is 7.05 Å². The molecule has 180 valence electrons. The van der Waals surface area contributed by atoms with Gasteiger partial charge in [-0.2, -0.15) is 13.2 Å². The summed E-state index contributed by atoms with van der Waals surface area (Å²) in [5.41, 5.74) is -4.98. The number of para-hydroxylation sites is 2. The molecule has 0 radical (unpaired) electrons. The molecule has 0 aliphatic rings. The molecule has 0 aliphatic carbocycles. The van der Waals surface area contributed by atoms with Gasteiger partial charge >= 0.3 is 17.8 Å². The van der Waals surface area contributed by atoms with Gasteiger partial charge in [0.05, 0.1) is 10.2 Å². The number of halogens is 5. The minimum absolute atomic E-state index is 0.0153. The van der Waals surface area contributed by atoms with E-state index in [-0.39, 0.29) is 36.9 Å². The van der Waals surface area contributed by atoms with Crippen LogP contribution in [0.1, 0.15) is 12.6 Å². The third-order valence-corrected chi connectivity index (χ3v) is 5.19. The molecule has 0 saturated carbocycles. The van der Waals surface area contributed by atoms with Crippen LogP contribution >= 0.6 is 15.9 Å². The van der Waals surface area contributed by atoms with Crippen LogP contribution in [0.3, 0.4) is 0 Å². The summed E-state index contributed by atoms with van der Waals surface area (Å²) in [7, 11) is 0.798. The second kappa shape index (κ2) is 9.33. The van der Waals surface area contributed by atoms with Crippen molar-refractivity contribution in [2.75, 3.05) is 0 Å². The lowest BCUT2D eigenvalue weighted by Crippen LogP contribution is -2.41. The summed E-state index contributed by atoms with van der Waals surface area (Å²) in [5.74, 6) is -2.43. The van der Waals surface area contributed by atoms with Gasteiger partial charge in [-0.05, 0) is 41.1 Å². The van der Waals surface area contributed by atoms with Gasteiger partial charge in [-0.3, -0.25) is 9.36 Å². The molecule has 0 fully saturated rings. The van der Waals surface area contributed by atoms with E-state index in [4.69, 9.17) is 14.6 Å². The number of aromatic nitrogens is 2. The van der Waals surface area contributed by atoms with Crippen LogP contribution in [-0.2, 0) is 18.0 Å². The first-order valence-corrected chi connectivity index (χ1v) is 10.2. The zero-order valence-electron chi connectivity index (χ0n) is 17.4. The number of benzene rings is 2. The zero-order chi connectivity index (χ0) is 25.4. The van der Waals surface area contributed by atoms with Gasteiger partial charge in [-0.25, -0.2) is 18.5 Å². The summed E-state index contributed by atoms with van der Waals surface area (Å²) in [6, 6.07) is 7.91. The van der Waals surface area contributed by atoms with Crippen LogP contribution in [-0.4, -0.2) is 26.3 Å². The average Bonchev–Trinajstić information content (AvgIpc) is 2.74. The Morgan fingerprint density at radius 2 is 1.71 bits per heavy atom. The molecule has 2 aromatic carbocycles. The SMILES string of the molecule is CC(Oc1ccccc1Oc1cc(-n2c(=O)cc(C(F)(F)F)n(C)c2=O)c(F)cc1Br)C(=O)O. The molecular weight excluding hydrogens is 532 g/mol. The number of alkyl halides is 3. The molecule has 1 unspecified atom stereocenters. The minimum Gasteiger partial charge on any atom is -0.479 e. The van der Waals surface area contributed by atoms with Crippen LogP contribution in [0.15, 0.2) is 56.5 Å². The third kappa shape index (κ3) is 4.98. The van der Waals surface area contributed by atoms with Gasteiger partial charge in [0.2, 0.25) is 0 Å². The number of hydrogen-bond donors (Lipinski definition) is 1. The lowest BCUT2D eigenvalue weighted by molar-refractivity contribution is -0.145. The summed E-state index contributed by atoms with van der Waals surface area (Å²) in [6.45, 7) is 1.29. The van der Waals surface area contributed by atoms with Crippen LogP contribution in [0.25, 0.3) is 5.69 Å². The van der Waals surface area contributed by atoms with E-state index in [0.717, 1.165) is 19.2 Å². The molecule has 3 rings (SSSR count). The van der Waals surface area contributed by atoms with E-state index < -0.39 is 46.7 Å². The standard InChI is InChI=1S/C21H15BrF4N2O6/c1-10(19(30)31)33-14-5-3-4-6-15(14)34-16-8-13(12(23)7-11(16)22)28-18(29)9-17(21(24,25)26)27(2)20(28)32/h3-10H,1-2H3,(H,30,31). The maximum Gasteiger partial charge on any atom is 0.431 e. The number of aliphatic carboxylic acids is 1. The molecule has 0 amide bonds. The number of carboxylic acids is 1. The number of nitrogens with zero attached hydrogens (tertiary/aromatic N) is 2. The first-order chi connectivity index (χ1) is 15.8. The molecule has 1 atom stereocenters. The first kappa shape index (κ1) is 25.0. The van der Waals surface area contributed by atoms with Gasteiger partial charge in [0.15, 0.2) is 17.6 Å². The van der Waals surface area contributed by atoms with E-state index in [2.05, 4.69) is 15.9 Å². The van der Waals surface area contributed by atoms with Crippen LogP contribution < -0.4 is 20.7 Å². The topological polar surface area (TPSA) is 99.8 Å². The molecule has 8 nitrogen and oxygen atoms in total. The van der Waals surface area contributed by atoms with Crippen LogP contribution in [0.4, 0.5) is 17.6 Å². The van der Waals surface area contributed by atoms with Crippen molar-refractivity contribution in [3.05, 3.63) is 79.3 Å². The Bertz CT molecular complexity index is 1380. The predicted molar refractivity (Wildman–Crippen MR) is 114 cm³/mol. The fraction of sp³-hybridized carbons (Fsp3) is 0.190. The molecule has 1 aromatic heterocycles. The average molecular weight is 547 g/mol. The van der Waals surface area contributed by atoms with E-state index >= 15 is 0 Å². The van der Waals surface area contributed by atoms with E-state index in [1.807, 2.05) is 0 Å². The highest BCUT2D eigenvalue weighted by Gasteiger charge is 2.35. The molecular formula is C21H15BrF4N2O6. The molecule has 0 aliphatic heterocycles. The van der Waals surface area contributed by atoms with Crippen molar-refractivity contribution in [3.63, 3.8) is 0 Å². The Morgan fingerprint density at radius 1 is 1.09 bits per heavy atom. The Morgan fingerprint density at radius 3 is 2.29 bits per heavy atom. The van der Waals surface area contributed by atoms with Crippen molar-refractivity contribution < 1.29 is 36.9 Å². The van der Waals surface area contributed by atoms with Crippen LogP contribution in [0, 0.1) is 5.82 Å². The molecule has 34 heavy (non-hydrogen) atoms. The third-order valence-electron chi connectivity index (χ3n) is 4.57. The zero-order valence-corrected chi connectivity index (χ0v) is 19.0. The largest absolute Gasteiger partial charge is 0.479 e. The van der Waals surface area contributed by atoms with E-state index in [1.54, 1.807) is 12.1 Å².